The molecule has 0 bridgehead atoms. The molecule has 1 aliphatic rings. The summed E-state index contributed by atoms with van der Waals surface area (Å²) in [5.41, 5.74) is -0.283. The average molecular weight is 563 g/mol. The predicted octanol–water partition coefficient (Wildman–Crippen LogP) is 2.26. The summed E-state index contributed by atoms with van der Waals surface area (Å²) in [4.78, 5) is 38.0. The van der Waals surface area contributed by atoms with Crippen LogP contribution < -0.4 is 28.4 Å². The molecule has 0 saturated heterocycles. The molecule has 2 aromatic rings. The first-order chi connectivity index (χ1) is 19.1. The minimum absolute atomic E-state index is 0.0237. The monoisotopic (exact) mass is 562 g/mol. The fourth-order valence-corrected chi connectivity index (χ4v) is 4.11. The van der Waals surface area contributed by atoms with E-state index in [1.54, 1.807) is 0 Å². The summed E-state index contributed by atoms with van der Waals surface area (Å²) < 4.78 is 42.6. The van der Waals surface area contributed by atoms with Crippen molar-refractivity contribution in [2.75, 3.05) is 42.7 Å². The van der Waals surface area contributed by atoms with Crippen molar-refractivity contribution in [3.8, 4) is 34.5 Å². The third-order valence-electron chi connectivity index (χ3n) is 6.06. The molecular formula is C27H30O13. The van der Waals surface area contributed by atoms with Crippen LogP contribution in [0.1, 0.15) is 27.1 Å². The van der Waals surface area contributed by atoms with E-state index >= 15 is 0 Å². The number of carbonyl (C=O) groups excluding carboxylic acids is 2. The van der Waals surface area contributed by atoms with Gasteiger partial charge in [0.1, 0.15) is 0 Å². The molecule has 0 heterocycles. The Morgan fingerprint density at radius 1 is 0.675 bits per heavy atom. The van der Waals surface area contributed by atoms with Crippen LogP contribution >= 0.6 is 0 Å². The first-order valence-electron chi connectivity index (χ1n) is 11.8. The quantitative estimate of drug-likeness (QED) is 0.383. The molecular weight excluding hydrogens is 532 g/mol. The maximum Gasteiger partial charge on any atom is 0.339 e. The maximum atomic E-state index is 13.2. The molecule has 40 heavy (non-hydrogen) atoms. The van der Waals surface area contributed by atoms with Crippen LogP contribution in [0.2, 0.25) is 0 Å². The summed E-state index contributed by atoms with van der Waals surface area (Å²) in [7, 11) is 8.26. The van der Waals surface area contributed by atoms with Gasteiger partial charge in [-0.05, 0) is 30.3 Å². The number of ether oxygens (including phenoxy) is 8. The number of methoxy groups -OCH3 is 6. The molecule has 0 spiro atoms. The van der Waals surface area contributed by atoms with E-state index < -0.39 is 36.2 Å². The lowest BCUT2D eigenvalue weighted by Gasteiger charge is -2.32. The number of hydrogen-bond acceptors (Lipinski definition) is 12. The van der Waals surface area contributed by atoms with Crippen molar-refractivity contribution in [1.29, 1.82) is 0 Å². The molecule has 2 N–H and O–H groups in total. The van der Waals surface area contributed by atoms with Crippen LogP contribution in [0, 0.1) is 0 Å². The largest absolute Gasteiger partial charge is 0.493 e. The summed E-state index contributed by atoms with van der Waals surface area (Å²) in [6.45, 7) is 0. The number of aliphatic hydroxyl groups excluding tert-OH is 1. The zero-order valence-electron chi connectivity index (χ0n) is 22.7. The highest BCUT2D eigenvalue weighted by atomic mass is 16.6. The summed E-state index contributed by atoms with van der Waals surface area (Å²) >= 11 is 0. The van der Waals surface area contributed by atoms with Gasteiger partial charge < -0.3 is 48.1 Å². The zero-order valence-corrected chi connectivity index (χ0v) is 22.7. The third-order valence-corrected chi connectivity index (χ3v) is 6.06. The molecule has 13 nitrogen and oxygen atoms in total. The van der Waals surface area contributed by atoms with Gasteiger partial charge in [-0.1, -0.05) is 0 Å². The second-order valence-corrected chi connectivity index (χ2v) is 8.34. The number of esters is 2. The molecule has 13 heteroatoms. The summed E-state index contributed by atoms with van der Waals surface area (Å²) in [5.74, 6) is -2.02. The molecule has 0 radical (unpaired) electrons. The number of carboxylic acids is 1. The Morgan fingerprint density at radius 2 is 1.07 bits per heavy atom. The van der Waals surface area contributed by atoms with Gasteiger partial charge in [0.25, 0.3) is 0 Å². The number of carboxylic acid groups (broad SMARTS) is 1. The minimum Gasteiger partial charge on any atom is -0.493 e. The van der Waals surface area contributed by atoms with Crippen LogP contribution in [0.5, 0.6) is 34.5 Å². The molecule has 3 atom stereocenters. The lowest BCUT2D eigenvalue weighted by molar-refractivity contribution is -0.134. The normalized spacial score (nSPS) is 18.1. The Balaban J connectivity index is 1.96. The van der Waals surface area contributed by atoms with Crippen molar-refractivity contribution in [2.45, 2.75) is 24.7 Å². The fraction of sp³-hybridized carbons (Fsp3) is 0.370. The second-order valence-electron chi connectivity index (χ2n) is 8.34. The highest BCUT2D eigenvalue weighted by molar-refractivity contribution is 5.93. The van der Waals surface area contributed by atoms with E-state index in [2.05, 4.69) is 0 Å². The Labute approximate surface area is 229 Å². The first-order valence-corrected chi connectivity index (χ1v) is 11.8. The van der Waals surface area contributed by atoms with E-state index in [4.69, 9.17) is 37.9 Å². The van der Waals surface area contributed by atoms with E-state index in [9.17, 15) is 24.6 Å². The van der Waals surface area contributed by atoms with Crippen LogP contribution in [0.3, 0.4) is 0 Å². The Kier molecular flexibility index (Phi) is 9.67. The Morgan fingerprint density at radius 3 is 1.43 bits per heavy atom. The fourth-order valence-electron chi connectivity index (χ4n) is 4.11. The molecule has 3 rings (SSSR count). The highest BCUT2D eigenvalue weighted by Gasteiger charge is 2.40. The van der Waals surface area contributed by atoms with Crippen molar-refractivity contribution in [3.63, 3.8) is 0 Å². The van der Waals surface area contributed by atoms with Crippen molar-refractivity contribution in [1.82, 2.24) is 0 Å². The Bertz CT molecular complexity index is 1250. The number of carbonyl (C=O) groups is 3. The zero-order chi connectivity index (χ0) is 29.6. The molecule has 1 aliphatic carbocycles. The molecule has 216 valence electrons. The van der Waals surface area contributed by atoms with Gasteiger partial charge >= 0.3 is 17.9 Å². The van der Waals surface area contributed by atoms with Crippen LogP contribution in [-0.4, -0.2) is 89.1 Å². The number of rotatable bonds is 11. The summed E-state index contributed by atoms with van der Waals surface area (Å²) in [6.07, 6.45) is -3.69. The number of benzene rings is 2. The lowest BCUT2D eigenvalue weighted by Crippen LogP contribution is -2.46. The van der Waals surface area contributed by atoms with E-state index in [1.807, 2.05) is 0 Å². The van der Waals surface area contributed by atoms with Gasteiger partial charge in [-0.3, -0.25) is 0 Å². The lowest BCUT2D eigenvalue weighted by atomic mass is 9.91. The average Bonchev–Trinajstić information content (AvgIpc) is 2.96. The van der Waals surface area contributed by atoms with Gasteiger partial charge in [-0.15, -0.1) is 0 Å². The number of aliphatic carboxylic acids is 1. The molecule has 0 fully saturated rings. The summed E-state index contributed by atoms with van der Waals surface area (Å²) in [5, 5.41) is 20.3. The van der Waals surface area contributed by atoms with Crippen LogP contribution in [-0.2, 0) is 14.3 Å². The SMILES string of the molecule is COc1cc(C(=O)O[C@H]2[C@H](O)CC(C(=O)O)=C[C@H]2OC(=O)c2cc(OC)c(OC)c(OC)c2)cc(OC)c1OC. The van der Waals surface area contributed by atoms with E-state index in [0.717, 1.165) is 6.08 Å². The van der Waals surface area contributed by atoms with E-state index in [-0.39, 0.29) is 57.6 Å². The van der Waals surface area contributed by atoms with Gasteiger partial charge in [0, 0.05) is 12.0 Å². The molecule has 0 amide bonds. The van der Waals surface area contributed by atoms with Gasteiger partial charge in [-0.25, -0.2) is 14.4 Å². The molecule has 0 saturated carbocycles. The molecule has 0 aliphatic heterocycles. The van der Waals surface area contributed by atoms with Crippen molar-refractivity contribution in [2.24, 2.45) is 0 Å². The summed E-state index contributed by atoms with van der Waals surface area (Å²) in [6, 6.07) is 5.35. The Hall–Kier alpha value is -4.65. The maximum absolute atomic E-state index is 13.2. The van der Waals surface area contributed by atoms with Crippen molar-refractivity contribution < 1.29 is 62.5 Å². The third kappa shape index (κ3) is 6.15. The first kappa shape index (κ1) is 29.9. The topological polar surface area (TPSA) is 166 Å². The number of hydrogen-bond donors (Lipinski definition) is 2. The van der Waals surface area contributed by atoms with Crippen LogP contribution in [0.25, 0.3) is 0 Å². The van der Waals surface area contributed by atoms with E-state index in [1.165, 1.54) is 66.9 Å². The standard InChI is InChI=1S/C27H30O13/c1-33-17-9-14(10-18(34-2)23(17)37-5)26(31)39-21-8-13(25(29)30)7-16(28)22(21)40-27(32)15-11-19(35-3)24(38-6)20(12-15)36-4/h8-12,16,21-22,28H,7H2,1-6H3,(H,29,30)/t16-,21-,22+/m1/s1. The second kappa shape index (κ2) is 12.9. The van der Waals surface area contributed by atoms with Gasteiger partial charge in [0.05, 0.1) is 59.9 Å². The predicted molar refractivity (Wildman–Crippen MR) is 137 cm³/mol. The van der Waals surface area contributed by atoms with E-state index in [0.29, 0.717) is 0 Å². The van der Waals surface area contributed by atoms with Gasteiger partial charge in [0.15, 0.2) is 35.2 Å². The van der Waals surface area contributed by atoms with Crippen molar-refractivity contribution in [3.05, 3.63) is 47.0 Å². The van der Waals surface area contributed by atoms with Gasteiger partial charge in [0.2, 0.25) is 11.5 Å². The van der Waals surface area contributed by atoms with Gasteiger partial charge in [-0.2, -0.15) is 0 Å². The molecule has 2 aromatic carbocycles. The van der Waals surface area contributed by atoms with Crippen molar-refractivity contribution >= 4 is 17.9 Å². The van der Waals surface area contributed by atoms with Crippen LogP contribution in [0.15, 0.2) is 35.9 Å². The smallest absolute Gasteiger partial charge is 0.339 e. The molecule has 0 aromatic heterocycles. The van der Waals surface area contributed by atoms with Crippen LogP contribution in [0.4, 0.5) is 0 Å². The highest BCUT2D eigenvalue weighted by Crippen LogP contribution is 2.40. The molecule has 0 unspecified atom stereocenters. The number of aliphatic hydroxyl groups is 1. The minimum atomic E-state index is -1.51.